The molecule has 1 rings (SSSR count). The Morgan fingerprint density at radius 2 is 2.19 bits per heavy atom. The first-order valence-electron chi connectivity index (χ1n) is 6.11. The van der Waals surface area contributed by atoms with Gasteiger partial charge in [-0.1, -0.05) is 29.8 Å². The molecule has 1 N–H and O–H groups in total. The molecule has 0 heterocycles. The van der Waals surface area contributed by atoms with Crippen LogP contribution in [0.5, 0.6) is 0 Å². The Morgan fingerprint density at radius 1 is 1.38 bits per heavy atom. The Bertz CT molecular complexity index is 299. The molecule has 0 aliphatic rings. The van der Waals surface area contributed by atoms with Crippen LogP contribution in [-0.2, 0) is 4.74 Å². The van der Waals surface area contributed by atoms with Crippen molar-refractivity contribution in [2.45, 2.75) is 33.2 Å². The van der Waals surface area contributed by atoms with Gasteiger partial charge in [0.05, 0.1) is 0 Å². The third-order valence-electron chi connectivity index (χ3n) is 2.66. The fourth-order valence-corrected chi connectivity index (χ4v) is 1.69. The number of benzene rings is 1. The van der Waals surface area contributed by atoms with Gasteiger partial charge in [0, 0.05) is 19.3 Å². The van der Waals surface area contributed by atoms with E-state index in [1.54, 1.807) is 0 Å². The zero-order chi connectivity index (χ0) is 11.8. The molecule has 0 aromatic heterocycles. The Balaban J connectivity index is 2.27. The fraction of sp³-hybridized carbons (Fsp3) is 0.571. The van der Waals surface area contributed by atoms with Crippen molar-refractivity contribution < 1.29 is 4.74 Å². The van der Waals surface area contributed by atoms with Crippen LogP contribution in [0.4, 0.5) is 0 Å². The molecule has 0 saturated heterocycles. The van der Waals surface area contributed by atoms with E-state index in [4.69, 9.17) is 4.74 Å². The van der Waals surface area contributed by atoms with E-state index in [0.29, 0.717) is 6.04 Å². The van der Waals surface area contributed by atoms with Crippen LogP contribution in [0.1, 0.15) is 37.4 Å². The topological polar surface area (TPSA) is 21.3 Å². The van der Waals surface area contributed by atoms with Crippen LogP contribution in [0.25, 0.3) is 0 Å². The van der Waals surface area contributed by atoms with Gasteiger partial charge >= 0.3 is 0 Å². The van der Waals surface area contributed by atoms with Crippen LogP contribution in [0, 0.1) is 6.92 Å². The quantitative estimate of drug-likeness (QED) is 0.714. The maximum Gasteiger partial charge on any atom is 0.0477 e. The summed E-state index contributed by atoms with van der Waals surface area (Å²) in [5.74, 6) is 0. The monoisotopic (exact) mass is 221 g/mol. The third-order valence-corrected chi connectivity index (χ3v) is 2.66. The zero-order valence-corrected chi connectivity index (χ0v) is 10.6. The lowest BCUT2D eigenvalue weighted by Crippen LogP contribution is -2.21. The molecule has 1 atom stereocenters. The molecule has 0 bridgehead atoms. The predicted molar refractivity (Wildman–Crippen MR) is 68.7 cm³/mol. The van der Waals surface area contributed by atoms with Crippen molar-refractivity contribution >= 4 is 0 Å². The van der Waals surface area contributed by atoms with Crippen molar-refractivity contribution in [3.8, 4) is 0 Å². The van der Waals surface area contributed by atoms with Crippen molar-refractivity contribution in [2.75, 3.05) is 19.8 Å². The van der Waals surface area contributed by atoms with Crippen LogP contribution < -0.4 is 5.32 Å². The molecule has 0 amide bonds. The molecule has 0 aliphatic carbocycles. The number of hydrogen-bond donors (Lipinski definition) is 1. The maximum absolute atomic E-state index is 5.30. The minimum atomic E-state index is 0.418. The summed E-state index contributed by atoms with van der Waals surface area (Å²) in [4.78, 5) is 0. The molecule has 2 nitrogen and oxygen atoms in total. The first kappa shape index (κ1) is 13.2. The molecular weight excluding hydrogens is 198 g/mol. The van der Waals surface area contributed by atoms with E-state index >= 15 is 0 Å². The van der Waals surface area contributed by atoms with Gasteiger partial charge in [-0.3, -0.25) is 0 Å². The predicted octanol–water partition coefficient (Wildman–Crippen LogP) is 3.07. The van der Waals surface area contributed by atoms with Gasteiger partial charge in [-0.2, -0.15) is 0 Å². The van der Waals surface area contributed by atoms with Crippen LogP contribution in [-0.4, -0.2) is 19.8 Å². The third kappa shape index (κ3) is 4.77. The van der Waals surface area contributed by atoms with E-state index in [1.807, 2.05) is 6.92 Å². The molecule has 0 spiro atoms. The summed E-state index contributed by atoms with van der Waals surface area (Å²) in [6, 6.07) is 9.07. The van der Waals surface area contributed by atoms with Crippen molar-refractivity contribution in [3.63, 3.8) is 0 Å². The molecule has 0 unspecified atom stereocenters. The lowest BCUT2D eigenvalue weighted by atomic mass is 10.1. The van der Waals surface area contributed by atoms with Crippen molar-refractivity contribution in [2.24, 2.45) is 0 Å². The molecule has 90 valence electrons. The van der Waals surface area contributed by atoms with Gasteiger partial charge in [0.15, 0.2) is 0 Å². The summed E-state index contributed by atoms with van der Waals surface area (Å²) >= 11 is 0. The molecule has 0 aliphatic heterocycles. The molecular formula is C14H23NO. The standard InChI is InChI=1S/C14H23NO/c1-4-16-10-6-9-15-13(3)14-8-5-7-12(2)11-14/h5,7-8,11,13,15H,4,6,9-10H2,1-3H3/t13-/m0/s1. The molecule has 0 saturated carbocycles. The van der Waals surface area contributed by atoms with E-state index in [2.05, 4.69) is 43.4 Å². The summed E-state index contributed by atoms with van der Waals surface area (Å²) in [6.45, 7) is 9.04. The van der Waals surface area contributed by atoms with Gasteiger partial charge in [-0.05, 0) is 39.3 Å². The average molecular weight is 221 g/mol. The van der Waals surface area contributed by atoms with Crippen LogP contribution in [0.2, 0.25) is 0 Å². The Hall–Kier alpha value is -0.860. The second kappa shape index (κ2) is 7.42. The van der Waals surface area contributed by atoms with E-state index in [-0.39, 0.29) is 0 Å². The highest BCUT2D eigenvalue weighted by atomic mass is 16.5. The lowest BCUT2D eigenvalue weighted by molar-refractivity contribution is 0.144. The minimum Gasteiger partial charge on any atom is -0.382 e. The Morgan fingerprint density at radius 3 is 2.88 bits per heavy atom. The number of hydrogen-bond acceptors (Lipinski definition) is 2. The Labute approximate surface area is 99.0 Å². The average Bonchev–Trinajstić information content (AvgIpc) is 2.28. The highest BCUT2D eigenvalue weighted by Crippen LogP contribution is 2.13. The van der Waals surface area contributed by atoms with Gasteiger partial charge in [0.2, 0.25) is 0 Å². The first-order valence-corrected chi connectivity index (χ1v) is 6.11. The fourth-order valence-electron chi connectivity index (χ4n) is 1.69. The van der Waals surface area contributed by atoms with Gasteiger partial charge in [0.1, 0.15) is 0 Å². The van der Waals surface area contributed by atoms with Crippen molar-refractivity contribution in [1.82, 2.24) is 5.32 Å². The second-order valence-corrected chi connectivity index (χ2v) is 4.14. The summed E-state index contributed by atoms with van der Waals surface area (Å²) in [5.41, 5.74) is 2.68. The molecule has 16 heavy (non-hydrogen) atoms. The van der Waals surface area contributed by atoms with Crippen LogP contribution in [0.3, 0.4) is 0 Å². The van der Waals surface area contributed by atoms with E-state index < -0.39 is 0 Å². The molecule has 0 fully saturated rings. The highest BCUT2D eigenvalue weighted by Gasteiger charge is 2.03. The molecule has 1 aromatic carbocycles. The van der Waals surface area contributed by atoms with E-state index in [0.717, 1.165) is 26.2 Å². The summed E-state index contributed by atoms with van der Waals surface area (Å²) < 4.78 is 5.30. The zero-order valence-electron chi connectivity index (χ0n) is 10.6. The summed E-state index contributed by atoms with van der Waals surface area (Å²) in [5, 5.41) is 3.51. The largest absolute Gasteiger partial charge is 0.382 e. The first-order chi connectivity index (χ1) is 7.74. The van der Waals surface area contributed by atoms with Gasteiger partial charge < -0.3 is 10.1 Å². The molecule has 1 aromatic rings. The van der Waals surface area contributed by atoms with Gasteiger partial charge in [-0.25, -0.2) is 0 Å². The van der Waals surface area contributed by atoms with E-state index in [9.17, 15) is 0 Å². The highest BCUT2D eigenvalue weighted by molar-refractivity contribution is 5.24. The summed E-state index contributed by atoms with van der Waals surface area (Å²) in [7, 11) is 0. The molecule has 2 heteroatoms. The number of rotatable bonds is 7. The minimum absolute atomic E-state index is 0.418. The number of nitrogens with one attached hydrogen (secondary N) is 1. The SMILES string of the molecule is CCOCCCN[C@@H](C)c1cccc(C)c1. The van der Waals surface area contributed by atoms with Crippen LogP contribution >= 0.6 is 0 Å². The van der Waals surface area contributed by atoms with Gasteiger partial charge in [0.25, 0.3) is 0 Å². The summed E-state index contributed by atoms with van der Waals surface area (Å²) in [6.07, 6.45) is 1.07. The molecule has 0 radical (unpaired) electrons. The van der Waals surface area contributed by atoms with Crippen molar-refractivity contribution in [1.29, 1.82) is 0 Å². The second-order valence-electron chi connectivity index (χ2n) is 4.14. The number of aryl methyl sites for hydroxylation is 1. The van der Waals surface area contributed by atoms with E-state index in [1.165, 1.54) is 11.1 Å². The lowest BCUT2D eigenvalue weighted by Gasteiger charge is -2.14. The van der Waals surface area contributed by atoms with Gasteiger partial charge in [-0.15, -0.1) is 0 Å². The maximum atomic E-state index is 5.30. The smallest absolute Gasteiger partial charge is 0.0477 e. The number of ether oxygens (including phenoxy) is 1. The normalized spacial score (nSPS) is 12.7. The van der Waals surface area contributed by atoms with Crippen LogP contribution in [0.15, 0.2) is 24.3 Å². The Kier molecular flexibility index (Phi) is 6.12. The van der Waals surface area contributed by atoms with Crippen molar-refractivity contribution in [3.05, 3.63) is 35.4 Å².